The van der Waals surface area contributed by atoms with Crippen molar-refractivity contribution in [3.05, 3.63) is 63.8 Å². The maximum Gasteiger partial charge on any atom is 0.404 e. The molecule has 3 N–H and O–H groups in total. The highest BCUT2D eigenvalue weighted by Gasteiger charge is 2.16. The number of aromatic amines is 1. The second kappa shape index (κ2) is 6.77. The minimum absolute atomic E-state index is 0.0984. The molecule has 0 atom stereocenters. The van der Waals surface area contributed by atoms with Crippen molar-refractivity contribution < 1.29 is 14.6 Å². The van der Waals surface area contributed by atoms with Gasteiger partial charge < -0.3 is 20.1 Å². The van der Waals surface area contributed by atoms with Crippen LogP contribution in [0.4, 0.5) is 4.79 Å². The number of methoxy groups -OCH3 is 1. The summed E-state index contributed by atoms with van der Waals surface area (Å²) in [6.45, 7) is 0.240. The fourth-order valence-corrected chi connectivity index (χ4v) is 4.05. The first kappa shape index (κ1) is 17.1. The number of hydrogen-bond acceptors (Lipinski definition) is 4. The van der Waals surface area contributed by atoms with Crippen LogP contribution in [0.25, 0.3) is 32.1 Å². The molecule has 1 amide bonds. The Kier molecular flexibility index (Phi) is 4.29. The molecule has 2 aromatic heterocycles. The van der Waals surface area contributed by atoms with Crippen LogP contribution in [0.2, 0.25) is 0 Å². The molecule has 0 spiro atoms. The van der Waals surface area contributed by atoms with Gasteiger partial charge in [0.25, 0.3) is 5.56 Å². The molecule has 0 aliphatic rings. The number of fused-ring (bicyclic) bond motifs is 3. The van der Waals surface area contributed by atoms with Crippen molar-refractivity contribution in [3.63, 3.8) is 0 Å². The number of hydrogen-bond donors (Lipinski definition) is 3. The average Bonchev–Trinajstić information content (AvgIpc) is 3.16. The van der Waals surface area contributed by atoms with Gasteiger partial charge in [0.15, 0.2) is 0 Å². The minimum atomic E-state index is -1.06. The summed E-state index contributed by atoms with van der Waals surface area (Å²) in [6.07, 6.45) is -1.06. The molecule has 2 heterocycles. The standard InChI is InChI=1S/C20H16N2O4S/c1-26-15-7-6-14-17(13-8-9-27-18(13)19(23)22-14)16(15)12-4-2-11(3-5-12)10-21-20(24)25/h2-9,21H,10H2,1H3,(H,22,23)(H,24,25). The molecule has 27 heavy (non-hydrogen) atoms. The zero-order valence-electron chi connectivity index (χ0n) is 14.4. The first-order valence-electron chi connectivity index (χ1n) is 8.25. The number of aromatic nitrogens is 1. The Morgan fingerprint density at radius 2 is 1.96 bits per heavy atom. The van der Waals surface area contributed by atoms with Gasteiger partial charge in [-0.2, -0.15) is 0 Å². The van der Waals surface area contributed by atoms with Crippen LogP contribution in [-0.4, -0.2) is 23.3 Å². The largest absolute Gasteiger partial charge is 0.496 e. The van der Waals surface area contributed by atoms with E-state index < -0.39 is 6.09 Å². The van der Waals surface area contributed by atoms with Gasteiger partial charge in [-0.05, 0) is 34.7 Å². The Morgan fingerprint density at radius 3 is 2.67 bits per heavy atom. The molecule has 7 heteroatoms. The van der Waals surface area contributed by atoms with Crippen LogP contribution >= 0.6 is 11.3 Å². The Labute approximate surface area is 158 Å². The number of ether oxygens (including phenoxy) is 1. The number of carboxylic acid groups (broad SMARTS) is 1. The Hall–Kier alpha value is -3.32. The molecular weight excluding hydrogens is 364 g/mol. The van der Waals surface area contributed by atoms with Gasteiger partial charge in [0.2, 0.25) is 0 Å². The second-order valence-corrected chi connectivity index (χ2v) is 6.95. The first-order valence-corrected chi connectivity index (χ1v) is 9.12. The molecule has 0 radical (unpaired) electrons. The zero-order valence-corrected chi connectivity index (χ0v) is 15.2. The molecule has 4 aromatic rings. The van der Waals surface area contributed by atoms with Crippen LogP contribution < -0.4 is 15.6 Å². The van der Waals surface area contributed by atoms with Gasteiger partial charge >= 0.3 is 6.09 Å². The van der Waals surface area contributed by atoms with Crippen molar-refractivity contribution in [2.75, 3.05) is 7.11 Å². The summed E-state index contributed by atoms with van der Waals surface area (Å²) in [4.78, 5) is 25.9. The van der Waals surface area contributed by atoms with Crippen molar-refractivity contribution in [2.24, 2.45) is 0 Å². The molecule has 0 saturated carbocycles. The van der Waals surface area contributed by atoms with E-state index in [1.165, 1.54) is 11.3 Å². The number of rotatable bonds is 4. The van der Waals surface area contributed by atoms with Crippen molar-refractivity contribution in [3.8, 4) is 16.9 Å². The van der Waals surface area contributed by atoms with E-state index in [-0.39, 0.29) is 12.1 Å². The summed E-state index contributed by atoms with van der Waals surface area (Å²) in [6, 6.07) is 13.2. The van der Waals surface area contributed by atoms with E-state index in [9.17, 15) is 9.59 Å². The molecule has 6 nitrogen and oxygen atoms in total. The summed E-state index contributed by atoms with van der Waals surface area (Å²) in [7, 11) is 1.62. The lowest BCUT2D eigenvalue weighted by atomic mass is 9.96. The number of pyridine rings is 1. The van der Waals surface area contributed by atoms with Crippen LogP contribution in [0.3, 0.4) is 0 Å². The second-order valence-electron chi connectivity index (χ2n) is 6.04. The van der Waals surface area contributed by atoms with Crippen LogP contribution in [-0.2, 0) is 6.54 Å². The monoisotopic (exact) mass is 380 g/mol. The molecule has 0 bridgehead atoms. The average molecular weight is 380 g/mol. The van der Waals surface area contributed by atoms with E-state index >= 15 is 0 Å². The Morgan fingerprint density at radius 1 is 1.19 bits per heavy atom. The third kappa shape index (κ3) is 3.02. The molecule has 136 valence electrons. The predicted octanol–water partition coefficient (Wildman–Crippen LogP) is 4.19. The van der Waals surface area contributed by atoms with Gasteiger partial charge in [-0.25, -0.2) is 4.79 Å². The van der Waals surface area contributed by atoms with Gasteiger partial charge in [0.1, 0.15) is 10.4 Å². The van der Waals surface area contributed by atoms with Crippen LogP contribution in [0.1, 0.15) is 5.56 Å². The fourth-order valence-electron chi connectivity index (χ4n) is 3.25. The summed E-state index contributed by atoms with van der Waals surface area (Å²) in [5.41, 5.74) is 3.33. The number of nitrogens with one attached hydrogen (secondary N) is 2. The third-order valence-electron chi connectivity index (χ3n) is 4.46. The highest BCUT2D eigenvalue weighted by Crippen LogP contribution is 2.40. The number of carbonyl (C=O) groups is 1. The van der Waals surface area contributed by atoms with E-state index in [0.717, 1.165) is 33.0 Å². The normalized spacial score (nSPS) is 11.0. The SMILES string of the molecule is COc1ccc2[nH]c(=O)c3sccc3c2c1-c1ccc(CNC(=O)O)cc1. The molecule has 4 rings (SSSR count). The number of amides is 1. The highest BCUT2D eigenvalue weighted by molar-refractivity contribution is 7.17. The summed E-state index contributed by atoms with van der Waals surface area (Å²) in [5.74, 6) is 0.707. The Bertz CT molecular complexity index is 1210. The van der Waals surface area contributed by atoms with E-state index in [2.05, 4.69) is 10.3 Å². The fraction of sp³-hybridized carbons (Fsp3) is 0.100. The number of H-pyrrole nitrogens is 1. The predicted molar refractivity (Wildman–Crippen MR) is 107 cm³/mol. The summed E-state index contributed by atoms with van der Waals surface area (Å²) >= 11 is 1.41. The first-order chi connectivity index (χ1) is 13.1. The maximum absolute atomic E-state index is 12.3. The molecule has 0 saturated heterocycles. The lowest BCUT2D eigenvalue weighted by Gasteiger charge is -2.14. The van der Waals surface area contributed by atoms with Crippen LogP contribution in [0, 0.1) is 0 Å². The van der Waals surface area contributed by atoms with Crippen molar-refractivity contribution in [1.29, 1.82) is 0 Å². The number of benzene rings is 2. The van der Waals surface area contributed by atoms with Gasteiger partial charge in [-0.3, -0.25) is 4.79 Å². The third-order valence-corrected chi connectivity index (χ3v) is 5.38. The zero-order chi connectivity index (χ0) is 19.0. The lowest BCUT2D eigenvalue weighted by Crippen LogP contribution is -2.19. The molecular formula is C20H16N2O4S. The smallest absolute Gasteiger partial charge is 0.404 e. The van der Waals surface area contributed by atoms with E-state index in [1.807, 2.05) is 47.8 Å². The van der Waals surface area contributed by atoms with Gasteiger partial charge in [0, 0.05) is 28.4 Å². The topological polar surface area (TPSA) is 91.4 Å². The van der Waals surface area contributed by atoms with Crippen molar-refractivity contribution >= 4 is 38.4 Å². The maximum atomic E-state index is 12.3. The minimum Gasteiger partial charge on any atom is -0.496 e. The van der Waals surface area contributed by atoms with Gasteiger partial charge in [-0.15, -0.1) is 11.3 Å². The van der Waals surface area contributed by atoms with Gasteiger partial charge in [-0.1, -0.05) is 24.3 Å². The lowest BCUT2D eigenvalue weighted by molar-refractivity contribution is 0.194. The van der Waals surface area contributed by atoms with Gasteiger partial charge in [0.05, 0.1) is 7.11 Å². The summed E-state index contributed by atoms with van der Waals surface area (Å²) in [5, 5.41) is 14.8. The van der Waals surface area contributed by atoms with Crippen molar-refractivity contribution in [2.45, 2.75) is 6.54 Å². The van der Waals surface area contributed by atoms with Crippen molar-refractivity contribution in [1.82, 2.24) is 10.3 Å². The molecule has 2 aromatic carbocycles. The molecule has 0 aliphatic carbocycles. The molecule has 0 aliphatic heterocycles. The van der Waals surface area contributed by atoms with Crippen LogP contribution in [0.5, 0.6) is 5.75 Å². The molecule has 0 unspecified atom stereocenters. The number of thiophene rings is 1. The van der Waals surface area contributed by atoms with E-state index in [0.29, 0.717) is 10.4 Å². The van der Waals surface area contributed by atoms with E-state index in [4.69, 9.17) is 9.84 Å². The molecule has 0 fully saturated rings. The van der Waals surface area contributed by atoms with Crippen LogP contribution in [0.15, 0.2) is 52.6 Å². The Balaban J connectivity index is 1.93. The quantitative estimate of drug-likeness (QED) is 0.495. The summed E-state index contributed by atoms with van der Waals surface area (Å²) < 4.78 is 6.27. The highest BCUT2D eigenvalue weighted by atomic mass is 32.1. The van der Waals surface area contributed by atoms with E-state index in [1.54, 1.807) is 7.11 Å².